The molecule has 0 saturated heterocycles. The summed E-state index contributed by atoms with van der Waals surface area (Å²) < 4.78 is 11.2. The van der Waals surface area contributed by atoms with Gasteiger partial charge < -0.3 is 14.8 Å². The monoisotopic (exact) mass is 375 g/mol. The molecule has 0 aliphatic rings. The van der Waals surface area contributed by atoms with Crippen LogP contribution in [0.5, 0.6) is 11.5 Å². The predicted molar refractivity (Wildman–Crippen MR) is 110 cm³/mol. The van der Waals surface area contributed by atoms with Gasteiger partial charge in [-0.15, -0.1) is 0 Å². The molecule has 1 amide bonds. The van der Waals surface area contributed by atoms with Crippen LogP contribution >= 0.6 is 0 Å². The number of hydrogen-bond donors (Lipinski definition) is 1. The number of benzene rings is 3. The van der Waals surface area contributed by atoms with E-state index in [1.54, 1.807) is 0 Å². The van der Waals surface area contributed by atoms with Crippen LogP contribution in [-0.2, 0) is 11.3 Å². The van der Waals surface area contributed by atoms with E-state index in [-0.39, 0.29) is 12.6 Å². The highest BCUT2D eigenvalue weighted by Crippen LogP contribution is 2.25. The normalized spacial score (nSPS) is 11.5. The number of para-hydroxylation sites is 1. The van der Waals surface area contributed by atoms with Crippen LogP contribution in [-0.4, -0.2) is 6.09 Å². The van der Waals surface area contributed by atoms with Crippen LogP contribution in [0, 0.1) is 0 Å². The summed E-state index contributed by atoms with van der Waals surface area (Å²) in [6.45, 7) is 2.35. The number of nitrogens with one attached hydrogen (secondary N) is 1. The van der Waals surface area contributed by atoms with Crippen molar-refractivity contribution < 1.29 is 14.3 Å². The molecule has 0 spiro atoms. The van der Waals surface area contributed by atoms with Crippen molar-refractivity contribution in [2.75, 3.05) is 0 Å². The lowest BCUT2D eigenvalue weighted by Gasteiger charge is -2.19. The smallest absolute Gasteiger partial charge is 0.407 e. The predicted octanol–water partition coefficient (Wildman–Crippen LogP) is 6.25. The van der Waals surface area contributed by atoms with Gasteiger partial charge in [0.05, 0.1) is 6.04 Å². The van der Waals surface area contributed by atoms with Crippen LogP contribution in [0.3, 0.4) is 0 Å². The Morgan fingerprint density at radius 3 is 2.11 bits per heavy atom. The van der Waals surface area contributed by atoms with Gasteiger partial charge in [-0.05, 0) is 41.8 Å². The van der Waals surface area contributed by atoms with Crippen molar-refractivity contribution in [3.63, 3.8) is 0 Å². The van der Waals surface area contributed by atoms with Gasteiger partial charge >= 0.3 is 6.09 Å². The van der Waals surface area contributed by atoms with E-state index in [4.69, 9.17) is 9.47 Å². The molecule has 1 atom stereocenters. The number of hydrogen-bond acceptors (Lipinski definition) is 3. The molecule has 0 radical (unpaired) electrons. The van der Waals surface area contributed by atoms with E-state index in [1.807, 2.05) is 84.9 Å². The molecule has 0 saturated carbocycles. The van der Waals surface area contributed by atoms with E-state index >= 15 is 0 Å². The second kappa shape index (κ2) is 10.2. The van der Waals surface area contributed by atoms with Crippen LogP contribution < -0.4 is 10.1 Å². The molecule has 0 aromatic heterocycles. The topological polar surface area (TPSA) is 47.6 Å². The van der Waals surface area contributed by atoms with Gasteiger partial charge in [0.2, 0.25) is 0 Å². The SMILES string of the molecule is CCCC(NC(=O)OCc1ccccc1)c1ccc(Oc2ccccc2)cc1. The summed E-state index contributed by atoms with van der Waals surface area (Å²) in [4.78, 5) is 12.2. The molecule has 0 aliphatic carbocycles. The number of amides is 1. The zero-order valence-electron chi connectivity index (χ0n) is 16.0. The number of carbonyl (C=O) groups is 1. The standard InChI is InChI=1S/C24H25NO3/c1-2-9-23(25-24(26)27-18-19-10-5-3-6-11-19)20-14-16-22(17-15-20)28-21-12-7-4-8-13-21/h3-8,10-17,23H,2,9,18H2,1H3,(H,25,26). The third-order valence-corrected chi connectivity index (χ3v) is 4.34. The van der Waals surface area contributed by atoms with Crippen molar-refractivity contribution >= 4 is 6.09 Å². The van der Waals surface area contributed by atoms with Gasteiger partial charge in [0, 0.05) is 0 Å². The first-order valence-electron chi connectivity index (χ1n) is 9.54. The molecule has 1 N–H and O–H groups in total. The summed E-state index contributed by atoms with van der Waals surface area (Å²) in [6.07, 6.45) is 1.37. The lowest BCUT2D eigenvalue weighted by atomic mass is 10.0. The largest absolute Gasteiger partial charge is 0.457 e. The van der Waals surface area contributed by atoms with Gasteiger partial charge in [-0.1, -0.05) is 74.0 Å². The second-order valence-corrected chi connectivity index (χ2v) is 6.53. The molecule has 0 heterocycles. The molecule has 1 unspecified atom stereocenters. The van der Waals surface area contributed by atoms with Crippen LogP contribution in [0.1, 0.15) is 36.9 Å². The Balaban J connectivity index is 1.58. The maximum Gasteiger partial charge on any atom is 0.407 e. The number of ether oxygens (including phenoxy) is 2. The van der Waals surface area contributed by atoms with Gasteiger partial charge in [-0.3, -0.25) is 0 Å². The van der Waals surface area contributed by atoms with E-state index in [0.29, 0.717) is 0 Å². The fraction of sp³-hybridized carbons (Fsp3) is 0.208. The summed E-state index contributed by atoms with van der Waals surface area (Å²) in [7, 11) is 0. The van der Waals surface area contributed by atoms with Gasteiger partial charge in [0.1, 0.15) is 18.1 Å². The summed E-state index contributed by atoms with van der Waals surface area (Å²) in [5.41, 5.74) is 1.99. The molecule has 3 aromatic rings. The van der Waals surface area contributed by atoms with E-state index in [2.05, 4.69) is 12.2 Å². The highest BCUT2D eigenvalue weighted by molar-refractivity contribution is 5.68. The fourth-order valence-electron chi connectivity index (χ4n) is 2.91. The molecule has 3 rings (SSSR count). The number of rotatable bonds is 8. The van der Waals surface area contributed by atoms with Crippen molar-refractivity contribution in [2.24, 2.45) is 0 Å². The van der Waals surface area contributed by atoms with E-state index in [1.165, 1.54) is 0 Å². The summed E-state index contributed by atoms with van der Waals surface area (Å²) in [6, 6.07) is 27.0. The number of carbonyl (C=O) groups excluding carboxylic acids is 1. The Morgan fingerprint density at radius 2 is 1.46 bits per heavy atom. The van der Waals surface area contributed by atoms with E-state index in [0.717, 1.165) is 35.5 Å². The Labute approximate surface area is 166 Å². The highest BCUT2D eigenvalue weighted by Gasteiger charge is 2.15. The maximum absolute atomic E-state index is 12.2. The minimum atomic E-state index is -0.410. The first-order chi connectivity index (χ1) is 13.7. The van der Waals surface area contributed by atoms with Crippen molar-refractivity contribution in [1.82, 2.24) is 5.32 Å². The summed E-state index contributed by atoms with van der Waals surface area (Å²) in [5.74, 6) is 1.56. The molecule has 0 aliphatic heterocycles. The molecule has 4 nitrogen and oxygen atoms in total. The molecule has 144 valence electrons. The fourth-order valence-corrected chi connectivity index (χ4v) is 2.91. The van der Waals surface area contributed by atoms with Crippen LogP contribution in [0.4, 0.5) is 4.79 Å². The Kier molecular flexibility index (Phi) is 7.08. The van der Waals surface area contributed by atoms with Gasteiger partial charge in [-0.25, -0.2) is 4.79 Å². The number of alkyl carbamates (subject to hydrolysis) is 1. The Hall–Kier alpha value is -3.27. The van der Waals surface area contributed by atoms with Crippen LogP contribution in [0.25, 0.3) is 0 Å². The highest BCUT2D eigenvalue weighted by atomic mass is 16.5. The summed E-state index contributed by atoms with van der Waals surface area (Å²) >= 11 is 0. The molecule has 3 aromatic carbocycles. The second-order valence-electron chi connectivity index (χ2n) is 6.53. The van der Waals surface area contributed by atoms with Crippen molar-refractivity contribution in [2.45, 2.75) is 32.4 Å². The van der Waals surface area contributed by atoms with Gasteiger partial charge in [0.25, 0.3) is 0 Å². The summed E-state index contributed by atoms with van der Waals surface area (Å²) in [5, 5.41) is 2.97. The van der Waals surface area contributed by atoms with Gasteiger partial charge in [0.15, 0.2) is 0 Å². The molecule has 4 heteroatoms. The molecular weight excluding hydrogens is 350 g/mol. The lowest BCUT2D eigenvalue weighted by molar-refractivity contribution is 0.135. The molecular formula is C24H25NO3. The van der Waals surface area contributed by atoms with E-state index in [9.17, 15) is 4.79 Å². The quantitative estimate of drug-likeness (QED) is 0.506. The van der Waals surface area contributed by atoms with E-state index < -0.39 is 6.09 Å². The first kappa shape index (κ1) is 19.5. The maximum atomic E-state index is 12.2. The minimum Gasteiger partial charge on any atom is -0.457 e. The molecule has 28 heavy (non-hydrogen) atoms. The van der Waals surface area contributed by atoms with Crippen molar-refractivity contribution in [1.29, 1.82) is 0 Å². The average molecular weight is 375 g/mol. The zero-order valence-corrected chi connectivity index (χ0v) is 16.0. The van der Waals surface area contributed by atoms with Crippen LogP contribution in [0.15, 0.2) is 84.9 Å². The Morgan fingerprint density at radius 1 is 0.857 bits per heavy atom. The third kappa shape index (κ3) is 5.88. The molecule has 0 bridgehead atoms. The Bertz CT molecular complexity index is 848. The third-order valence-electron chi connectivity index (χ3n) is 4.34. The first-order valence-corrected chi connectivity index (χ1v) is 9.54. The lowest BCUT2D eigenvalue weighted by Crippen LogP contribution is -2.29. The van der Waals surface area contributed by atoms with Crippen LogP contribution in [0.2, 0.25) is 0 Å². The van der Waals surface area contributed by atoms with Gasteiger partial charge in [-0.2, -0.15) is 0 Å². The molecule has 0 fully saturated rings. The minimum absolute atomic E-state index is 0.0981. The average Bonchev–Trinajstić information content (AvgIpc) is 2.74. The zero-order chi connectivity index (χ0) is 19.6. The van der Waals surface area contributed by atoms with Crippen molar-refractivity contribution in [3.05, 3.63) is 96.1 Å². The van der Waals surface area contributed by atoms with Crippen molar-refractivity contribution in [3.8, 4) is 11.5 Å².